The first-order valence-electron chi connectivity index (χ1n) is 7.77. The summed E-state index contributed by atoms with van der Waals surface area (Å²) >= 11 is 0.977. The van der Waals surface area contributed by atoms with Gasteiger partial charge in [0.05, 0.1) is 26.4 Å². The van der Waals surface area contributed by atoms with E-state index in [2.05, 4.69) is 5.32 Å². The van der Waals surface area contributed by atoms with E-state index in [1.807, 2.05) is 0 Å². The van der Waals surface area contributed by atoms with Gasteiger partial charge < -0.3 is 19.5 Å². The minimum atomic E-state index is -0.640. The van der Waals surface area contributed by atoms with E-state index < -0.39 is 17.8 Å². The molecule has 0 spiro atoms. The van der Waals surface area contributed by atoms with E-state index in [0.29, 0.717) is 16.9 Å². The van der Waals surface area contributed by atoms with Crippen molar-refractivity contribution in [2.75, 3.05) is 26.1 Å². The first-order chi connectivity index (χ1) is 12.4. The summed E-state index contributed by atoms with van der Waals surface area (Å²) in [4.78, 5) is 36.9. The monoisotopic (exact) mass is 377 g/mol. The van der Waals surface area contributed by atoms with Crippen LogP contribution in [0.3, 0.4) is 0 Å². The molecule has 0 aliphatic carbocycles. The van der Waals surface area contributed by atoms with E-state index in [-0.39, 0.29) is 22.0 Å². The molecule has 0 radical (unpaired) electrons. The summed E-state index contributed by atoms with van der Waals surface area (Å²) in [5, 5.41) is 2.90. The SMILES string of the molecule is CCOC(=O)c1sc(NC(=O)c2ccc(OC)cc2)c(C(=O)OC)c1C. The Hall–Kier alpha value is -2.87. The minimum Gasteiger partial charge on any atom is -0.497 e. The molecule has 1 heterocycles. The maximum absolute atomic E-state index is 12.5. The van der Waals surface area contributed by atoms with Gasteiger partial charge in [-0.15, -0.1) is 11.3 Å². The predicted octanol–water partition coefficient (Wildman–Crippen LogP) is 3.28. The van der Waals surface area contributed by atoms with Crippen molar-refractivity contribution in [1.29, 1.82) is 0 Å². The molecule has 0 saturated carbocycles. The Kier molecular flexibility index (Phi) is 6.35. The zero-order valence-corrected chi connectivity index (χ0v) is 15.7. The van der Waals surface area contributed by atoms with E-state index in [1.54, 1.807) is 38.1 Å². The number of hydrogen-bond donors (Lipinski definition) is 1. The lowest BCUT2D eigenvalue weighted by Gasteiger charge is -2.07. The summed E-state index contributed by atoms with van der Waals surface area (Å²) in [6.07, 6.45) is 0. The van der Waals surface area contributed by atoms with Crippen LogP contribution in [0, 0.1) is 6.92 Å². The molecule has 26 heavy (non-hydrogen) atoms. The number of amides is 1. The zero-order valence-electron chi connectivity index (χ0n) is 14.9. The van der Waals surface area contributed by atoms with E-state index in [4.69, 9.17) is 14.2 Å². The van der Waals surface area contributed by atoms with Gasteiger partial charge in [-0.3, -0.25) is 4.79 Å². The molecule has 1 aromatic carbocycles. The van der Waals surface area contributed by atoms with Crippen LogP contribution in [0.2, 0.25) is 0 Å². The van der Waals surface area contributed by atoms with E-state index in [9.17, 15) is 14.4 Å². The summed E-state index contributed by atoms with van der Waals surface area (Å²) in [6.45, 7) is 3.50. The number of methoxy groups -OCH3 is 2. The first kappa shape index (κ1) is 19.5. The van der Waals surface area contributed by atoms with Gasteiger partial charge in [-0.2, -0.15) is 0 Å². The predicted molar refractivity (Wildman–Crippen MR) is 97.3 cm³/mol. The van der Waals surface area contributed by atoms with Crippen molar-refractivity contribution in [1.82, 2.24) is 0 Å². The number of ether oxygens (including phenoxy) is 3. The number of hydrogen-bond acceptors (Lipinski definition) is 7. The number of anilines is 1. The summed E-state index contributed by atoms with van der Waals surface area (Å²) in [5.41, 5.74) is 0.929. The topological polar surface area (TPSA) is 90.9 Å². The van der Waals surface area contributed by atoms with Crippen LogP contribution in [-0.2, 0) is 9.47 Å². The highest BCUT2D eigenvalue weighted by Gasteiger charge is 2.27. The van der Waals surface area contributed by atoms with Crippen molar-refractivity contribution >= 4 is 34.2 Å². The second-order valence-electron chi connectivity index (χ2n) is 5.15. The standard InChI is InChI=1S/C18H19NO6S/c1-5-25-18(22)14-10(2)13(17(21)24-4)16(26-14)19-15(20)11-6-8-12(23-3)9-7-11/h6-9H,5H2,1-4H3,(H,19,20). The second-order valence-corrected chi connectivity index (χ2v) is 6.18. The Labute approximate surface area is 154 Å². The van der Waals surface area contributed by atoms with Crippen molar-refractivity contribution in [3.05, 3.63) is 45.8 Å². The lowest BCUT2D eigenvalue weighted by molar-refractivity contribution is 0.0531. The van der Waals surface area contributed by atoms with Gasteiger partial charge in [-0.25, -0.2) is 9.59 Å². The van der Waals surface area contributed by atoms with Crippen LogP contribution in [0.1, 0.15) is 42.9 Å². The molecule has 0 atom stereocenters. The molecule has 8 heteroatoms. The number of carbonyl (C=O) groups is 3. The van der Waals surface area contributed by atoms with Gasteiger partial charge in [0.15, 0.2) is 0 Å². The molecule has 1 N–H and O–H groups in total. The fraction of sp³-hybridized carbons (Fsp3) is 0.278. The lowest BCUT2D eigenvalue weighted by Crippen LogP contribution is -2.14. The lowest BCUT2D eigenvalue weighted by atomic mass is 10.1. The number of benzene rings is 1. The number of rotatable bonds is 6. The molecule has 2 aromatic rings. The third-order valence-electron chi connectivity index (χ3n) is 3.58. The molecule has 0 fully saturated rings. The van der Waals surface area contributed by atoms with E-state index in [1.165, 1.54) is 14.2 Å². The molecule has 7 nitrogen and oxygen atoms in total. The summed E-state index contributed by atoms with van der Waals surface area (Å²) in [5.74, 6) is -0.993. The van der Waals surface area contributed by atoms with E-state index in [0.717, 1.165) is 11.3 Å². The molecule has 2 rings (SSSR count). The minimum absolute atomic E-state index is 0.141. The Morgan fingerprint density at radius 1 is 1.08 bits per heavy atom. The highest BCUT2D eigenvalue weighted by atomic mass is 32.1. The van der Waals surface area contributed by atoms with Crippen molar-refractivity contribution < 1.29 is 28.6 Å². The molecule has 0 saturated heterocycles. The van der Waals surface area contributed by atoms with Crippen molar-refractivity contribution in [3.63, 3.8) is 0 Å². The highest BCUT2D eigenvalue weighted by molar-refractivity contribution is 7.18. The van der Waals surface area contributed by atoms with Crippen LogP contribution in [0.25, 0.3) is 0 Å². The van der Waals surface area contributed by atoms with Crippen LogP contribution >= 0.6 is 11.3 Å². The maximum atomic E-state index is 12.5. The summed E-state index contributed by atoms with van der Waals surface area (Å²) in [7, 11) is 2.77. The number of thiophene rings is 1. The average molecular weight is 377 g/mol. The third-order valence-corrected chi connectivity index (χ3v) is 4.76. The van der Waals surface area contributed by atoms with Crippen molar-refractivity contribution in [3.8, 4) is 5.75 Å². The maximum Gasteiger partial charge on any atom is 0.348 e. The van der Waals surface area contributed by atoms with Gasteiger partial charge in [0.2, 0.25) is 0 Å². The van der Waals surface area contributed by atoms with Crippen LogP contribution in [-0.4, -0.2) is 38.7 Å². The molecule has 138 valence electrons. The molecule has 0 bridgehead atoms. The average Bonchev–Trinajstić information content (AvgIpc) is 2.97. The van der Waals surface area contributed by atoms with Crippen LogP contribution in [0.15, 0.2) is 24.3 Å². The Morgan fingerprint density at radius 3 is 2.27 bits per heavy atom. The second kappa shape index (κ2) is 8.48. The molecule has 0 aliphatic rings. The van der Waals surface area contributed by atoms with Crippen LogP contribution in [0.4, 0.5) is 5.00 Å². The Balaban J connectivity index is 2.37. The summed E-state index contributed by atoms with van der Waals surface area (Å²) < 4.78 is 14.8. The van der Waals surface area contributed by atoms with Gasteiger partial charge in [0.25, 0.3) is 5.91 Å². The zero-order chi connectivity index (χ0) is 19.3. The van der Waals surface area contributed by atoms with Gasteiger partial charge in [-0.1, -0.05) is 0 Å². The molecule has 0 aliphatic heterocycles. The van der Waals surface area contributed by atoms with Gasteiger partial charge >= 0.3 is 11.9 Å². The van der Waals surface area contributed by atoms with Gasteiger partial charge in [0.1, 0.15) is 15.6 Å². The van der Waals surface area contributed by atoms with Crippen molar-refractivity contribution in [2.24, 2.45) is 0 Å². The summed E-state index contributed by atoms with van der Waals surface area (Å²) in [6, 6.07) is 6.50. The fourth-order valence-electron chi connectivity index (χ4n) is 2.26. The Bertz CT molecular complexity index is 825. The van der Waals surface area contributed by atoms with E-state index >= 15 is 0 Å². The third kappa shape index (κ3) is 4.02. The fourth-order valence-corrected chi connectivity index (χ4v) is 3.34. The number of nitrogens with one attached hydrogen (secondary N) is 1. The molecule has 1 amide bonds. The molecule has 1 aromatic heterocycles. The van der Waals surface area contributed by atoms with Gasteiger partial charge in [-0.05, 0) is 43.7 Å². The smallest absolute Gasteiger partial charge is 0.348 e. The molecular formula is C18H19NO6S. The van der Waals surface area contributed by atoms with Crippen molar-refractivity contribution in [2.45, 2.75) is 13.8 Å². The Morgan fingerprint density at radius 2 is 1.73 bits per heavy atom. The molecule has 0 unspecified atom stereocenters. The largest absolute Gasteiger partial charge is 0.497 e. The normalized spacial score (nSPS) is 10.2. The van der Waals surface area contributed by atoms with Gasteiger partial charge in [0, 0.05) is 5.56 Å². The highest BCUT2D eigenvalue weighted by Crippen LogP contribution is 2.34. The van der Waals surface area contributed by atoms with Crippen LogP contribution < -0.4 is 10.1 Å². The number of carbonyl (C=O) groups excluding carboxylic acids is 3. The molecular weight excluding hydrogens is 358 g/mol. The number of esters is 2. The van der Waals surface area contributed by atoms with Crippen LogP contribution in [0.5, 0.6) is 5.75 Å². The first-order valence-corrected chi connectivity index (χ1v) is 8.58. The quantitative estimate of drug-likeness (QED) is 0.777.